The Kier molecular flexibility index (Phi) is 8.44. The molecule has 39 heavy (non-hydrogen) atoms. The van der Waals surface area contributed by atoms with Gasteiger partial charge in [-0.1, -0.05) is 17.4 Å². The average molecular weight is 552 g/mol. The lowest BCUT2D eigenvalue weighted by Gasteiger charge is -2.25. The van der Waals surface area contributed by atoms with Crippen molar-refractivity contribution in [2.45, 2.75) is 33.7 Å². The van der Waals surface area contributed by atoms with E-state index in [4.69, 9.17) is 14.2 Å². The van der Waals surface area contributed by atoms with Gasteiger partial charge in [0.2, 0.25) is 0 Å². The summed E-state index contributed by atoms with van der Waals surface area (Å²) < 4.78 is 18.1. The van der Waals surface area contributed by atoms with Gasteiger partial charge in [0.15, 0.2) is 16.3 Å². The number of anilines is 1. The lowest BCUT2D eigenvalue weighted by molar-refractivity contribution is -0.139. The summed E-state index contributed by atoms with van der Waals surface area (Å²) in [6, 6.07) is 9.90. The van der Waals surface area contributed by atoms with Gasteiger partial charge in [0.05, 0.1) is 42.7 Å². The van der Waals surface area contributed by atoms with Gasteiger partial charge in [0, 0.05) is 30.4 Å². The fourth-order valence-corrected chi connectivity index (χ4v) is 5.75. The molecule has 0 amide bonds. The first kappa shape index (κ1) is 28.0. The lowest BCUT2D eigenvalue weighted by atomic mass is 9.95. The number of fused-ring (bicyclic) bond motifs is 1. The molecule has 0 aliphatic carbocycles. The van der Waals surface area contributed by atoms with E-state index in [1.165, 1.54) is 23.0 Å². The third-order valence-electron chi connectivity index (χ3n) is 6.67. The number of carbonyl (C=O) groups is 1. The molecule has 3 aromatic rings. The number of esters is 1. The van der Waals surface area contributed by atoms with Crippen LogP contribution in [0.15, 0.2) is 57.5 Å². The summed E-state index contributed by atoms with van der Waals surface area (Å²) in [5.41, 5.74) is 2.46. The number of aromatic nitrogens is 1. The van der Waals surface area contributed by atoms with Crippen LogP contribution in [0, 0.1) is 0 Å². The maximum Gasteiger partial charge on any atom is 0.338 e. The van der Waals surface area contributed by atoms with E-state index in [2.05, 4.69) is 23.7 Å². The normalized spacial score (nSPS) is 15.0. The van der Waals surface area contributed by atoms with Gasteiger partial charge in [-0.3, -0.25) is 9.36 Å². The highest BCUT2D eigenvalue weighted by atomic mass is 32.1. The van der Waals surface area contributed by atoms with Crippen molar-refractivity contribution < 1.29 is 24.1 Å². The molecule has 1 aliphatic rings. The number of rotatable bonds is 9. The molecule has 4 rings (SSSR count). The zero-order chi connectivity index (χ0) is 28.3. The van der Waals surface area contributed by atoms with Crippen molar-refractivity contribution in [2.75, 3.05) is 38.8 Å². The molecule has 0 fully saturated rings. The largest absolute Gasteiger partial charge is 0.507 e. The smallest absolute Gasteiger partial charge is 0.338 e. The predicted molar refractivity (Wildman–Crippen MR) is 152 cm³/mol. The molecule has 2 heterocycles. The first-order valence-electron chi connectivity index (χ1n) is 12.8. The SMILES string of the molecule is CCOC(=O)C1=C(C)N=c2s/c(=C/c3ccc(N(CC)CC)cc3O)c(=O)n2C1c1ccc(OC)c(OC)c1. The van der Waals surface area contributed by atoms with Gasteiger partial charge in [-0.05, 0) is 63.6 Å². The van der Waals surface area contributed by atoms with Gasteiger partial charge in [-0.15, -0.1) is 0 Å². The molecule has 2 aromatic carbocycles. The molecule has 0 spiro atoms. The van der Waals surface area contributed by atoms with E-state index in [1.807, 2.05) is 6.07 Å². The number of carbonyl (C=O) groups excluding carboxylic acids is 1. The number of phenols is 1. The third-order valence-corrected chi connectivity index (χ3v) is 7.65. The average Bonchev–Trinajstić information content (AvgIpc) is 3.23. The van der Waals surface area contributed by atoms with Crippen LogP contribution in [0.2, 0.25) is 0 Å². The van der Waals surface area contributed by atoms with Gasteiger partial charge in [-0.25, -0.2) is 9.79 Å². The molecule has 206 valence electrons. The van der Waals surface area contributed by atoms with Crippen molar-refractivity contribution in [3.05, 3.63) is 78.5 Å². The molecule has 10 heteroatoms. The van der Waals surface area contributed by atoms with Crippen molar-refractivity contribution in [2.24, 2.45) is 4.99 Å². The van der Waals surface area contributed by atoms with Gasteiger partial charge in [0.1, 0.15) is 5.75 Å². The molecule has 0 saturated heterocycles. The number of hydrogen-bond acceptors (Lipinski definition) is 9. The minimum atomic E-state index is -0.791. The van der Waals surface area contributed by atoms with E-state index >= 15 is 0 Å². The summed E-state index contributed by atoms with van der Waals surface area (Å²) in [5, 5.41) is 10.8. The predicted octanol–water partition coefficient (Wildman–Crippen LogP) is 3.37. The summed E-state index contributed by atoms with van der Waals surface area (Å²) in [4.78, 5) is 34.1. The van der Waals surface area contributed by atoms with Crippen LogP contribution in [0.3, 0.4) is 0 Å². The van der Waals surface area contributed by atoms with E-state index in [-0.39, 0.29) is 23.5 Å². The van der Waals surface area contributed by atoms with Crippen LogP contribution < -0.4 is 29.3 Å². The number of methoxy groups -OCH3 is 2. The number of thiazole rings is 1. The Labute approximate surface area is 230 Å². The molecule has 0 radical (unpaired) electrons. The van der Waals surface area contributed by atoms with E-state index < -0.39 is 12.0 Å². The van der Waals surface area contributed by atoms with Crippen LogP contribution >= 0.6 is 11.3 Å². The van der Waals surface area contributed by atoms with Crippen molar-refractivity contribution in [3.8, 4) is 17.2 Å². The van der Waals surface area contributed by atoms with Crippen LogP contribution in [0.4, 0.5) is 5.69 Å². The highest BCUT2D eigenvalue weighted by Crippen LogP contribution is 2.36. The fraction of sp³-hybridized carbons (Fsp3) is 0.345. The highest BCUT2D eigenvalue weighted by molar-refractivity contribution is 7.07. The van der Waals surface area contributed by atoms with Crippen LogP contribution in [0.25, 0.3) is 6.08 Å². The van der Waals surface area contributed by atoms with Gasteiger partial charge < -0.3 is 24.2 Å². The topological polar surface area (TPSA) is 103 Å². The zero-order valence-corrected chi connectivity index (χ0v) is 23.8. The molecule has 1 atom stereocenters. The van der Waals surface area contributed by atoms with E-state index in [9.17, 15) is 14.7 Å². The molecule has 9 nitrogen and oxygen atoms in total. The number of nitrogens with zero attached hydrogens (tertiary/aromatic N) is 3. The second-order valence-corrected chi connectivity index (χ2v) is 9.84. The molecule has 1 N–H and O–H groups in total. The molecule has 1 aromatic heterocycles. The number of phenolic OH excluding ortho intramolecular Hbond substituents is 1. The Balaban J connectivity index is 1.91. The molecule has 1 unspecified atom stereocenters. The quantitative estimate of drug-likeness (QED) is 0.407. The van der Waals surface area contributed by atoms with Crippen molar-refractivity contribution in [1.82, 2.24) is 4.57 Å². The second-order valence-electron chi connectivity index (χ2n) is 8.83. The summed E-state index contributed by atoms with van der Waals surface area (Å²) >= 11 is 1.20. The third kappa shape index (κ3) is 5.29. The van der Waals surface area contributed by atoms with Gasteiger partial charge >= 0.3 is 5.97 Å². The van der Waals surface area contributed by atoms with Crippen LogP contribution in [-0.2, 0) is 9.53 Å². The molecule has 0 bridgehead atoms. The van der Waals surface area contributed by atoms with Gasteiger partial charge in [0.25, 0.3) is 5.56 Å². The van der Waals surface area contributed by atoms with Crippen LogP contribution in [-0.4, -0.2) is 49.6 Å². The Hall–Kier alpha value is -4.05. The Morgan fingerprint density at radius 3 is 2.44 bits per heavy atom. The van der Waals surface area contributed by atoms with E-state index in [0.29, 0.717) is 37.7 Å². The van der Waals surface area contributed by atoms with Crippen LogP contribution in [0.5, 0.6) is 17.2 Å². The number of allylic oxidation sites excluding steroid dienone is 1. The lowest BCUT2D eigenvalue weighted by Crippen LogP contribution is -2.40. The number of benzene rings is 2. The minimum absolute atomic E-state index is 0.0741. The standard InChI is InChI=1S/C29H33N3O6S/c1-7-31(8-2)20-12-10-18(21(33)16-20)15-24-27(34)32-26(19-11-13-22(36-5)23(14-19)37-6)25(28(35)38-9-3)17(4)30-29(32)39-24/h10-16,26,33H,7-9H2,1-6H3/b24-15+. The summed E-state index contributed by atoms with van der Waals surface area (Å²) in [6.07, 6.45) is 1.65. The van der Waals surface area contributed by atoms with Crippen molar-refractivity contribution in [1.29, 1.82) is 0 Å². The monoisotopic (exact) mass is 551 g/mol. The highest BCUT2D eigenvalue weighted by Gasteiger charge is 2.34. The zero-order valence-electron chi connectivity index (χ0n) is 23.0. The van der Waals surface area contributed by atoms with E-state index in [1.54, 1.807) is 57.4 Å². The second kappa shape index (κ2) is 11.8. The molecular weight excluding hydrogens is 518 g/mol. The summed E-state index contributed by atoms with van der Waals surface area (Å²) in [7, 11) is 3.07. The van der Waals surface area contributed by atoms with Gasteiger partial charge in [-0.2, -0.15) is 0 Å². The van der Waals surface area contributed by atoms with E-state index in [0.717, 1.165) is 18.8 Å². The van der Waals surface area contributed by atoms with Crippen molar-refractivity contribution >= 4 is 29.1 Å². The van der Waals surface area contributed by atoms with Crippen molar-refractivity contribution in [3.63, 3.8) is 0 Å². The van der Waals surface area contributed by atoms with Crippen LogP contribution in [0.1, 0.15) is 44.9 Å². The summed E-state index contributed by atoms with van der Waals surface area (Å²) in [6.45, 7) is 9.37. The summed E-state index contributed by atoms with van der Waals surface area (Å²) in [5.74, 6) is 0.520. The molecule has 1 aliphatic heterocycles. The Morgan fingerprint density at radius 1 is 1.10 bits per heavy atom. The number of aromatic hydroxyl groups is 1. The number of ether oxygens (including phenoxy) is 3. The first-order valence-corrected chi connectivity index (χ1v) is 13.6. The maximum absolute atomic E-state index is 13.9. The number of hydrogen-bond donors (Lipinski definition) is 1. The Bertz CT molecular complexity index is 1600. The minimum Gasteiger partial charge on any atom is -0.507 e. The maximum atomic E-state index is 13.9. The molecular formula is C29H33N3O6S. The Morgan fingerprint density at radius 2 is 1.82 bits per heavy atom. The fourth-order valence-electron chi connectivity index (χ4n) is 4.71. The molecule has 0 saturated carbocycles. The first-order chi connectivity index (χ1) is 18.8.